The van der Waals surface area contributed by atoms with Gasteiger partial charge in [-0.2, -0.15) is 0 Å². The molecule has 0 aromatic heterocycles. The molecule has 0 spiro atoms. The molecule has 15 heavy (non-hydrogen) atoms. The van der Waals surface area contributed by atoms with Gasteiger partial charge in [0.1, 0.15) is 0 Å². The average molecular weight is 220 g/mol. The summed E-state index contributed by atoms with van der Waals surface area (Å²) in [6.07, 6.45) is 0.0344. The lowest BCUT2D eigenvalue weighted by atomic mass is 10.3. The number of hydrogen-bond donors (Lipinski definition) is 4. The molecule has 0 aromatic rings. The molecule has 0 rings (SSSR count). The fraction of sp³-hybridized carbons (Fsp3) is 0.889. The van der Waals surface area contributed by atoms with Crippen molar-refractivity contribution in [1.82, 2.24) is 10.2 Å². The zero-order chi connectivity index (χ0) is 11.7. The van der Waals surface area contributed by atoms with Gasteiger partial charge >= 0.3 is 6.03 Å². The Kier molecular flexibility index (Phi) is 7.98. The Morgan fingerprint density at radius 1 is 1.33 bits per heavy atom. The third kappa shape index (κ3) is 7.12. The quantitative estimate of drug-likeness (QED) is 0.431. The van der Waals surface area contributed by atoms with Crippen LogP contribution in [0.1, 0.15) is 13.3 Å². The average Bonchev–Trinajstić information content (AvgIpc) is 2.16. The van der Waals surface area contributed by atoms with Crippen LogP contribution < -0.4 is 5.32 Å². The Labute approximate surface area is 89.5 Å². The highest BCUT2D eigenvalue weighted by Crippen LogP contribution is 1.91. The van der Waals surface area contributed by atoms with Gasteiger partial charge in [-0.3, -0.25) is 0 Å². The molecule has 1 atom stereocenters. The van der Waals surface area contributed by atoms with E-state index in [1.54, 1.807) is 6.92 Å². The monoisotopic (exact) mass is 220 g/mol. The predicted molar refractivity (Wildman–Crippen MR) is 55.4 cm³/mol. The van der Waals surface area contributed by atoms with Gasteiger partial charge in [-0.05, 0) is 13.3 Å². The van der Waals surface area contributed by atoms with Crippen LogP contribution >= 0.6 is 0 Å². The number of nitrogens with zero attached hydrogens (tertiary/aromatic N) is 1. The summed E-state index contributed by atoms with van der Waals surface area (Å²) in [5.74, 6) is 0. The van der Waals surface area contributed by atoms with Crippen LogP contribution in [-0.4, -0.2) is 65.2 Å². The maximum atomic E-state index is 11.4. The van der Waals surface area contributed by atoms with Crippen molar-refractivity contribution < 1.29 is 20.1 Å². The lowest BCUT2D eigenvalue weighted by molar-refractivity contribution is 0.154. The fourth-order valence-electron chi connectivity index (χ4n) is 1.06. The summed E-state index contributed by atoms with van der Waals surface area (Å²) >= 11 is 0. The van der Waals surface area contributed by atoms with Crippen LogP contribution in [0.4, 0.5) is 4.79 Å². The molecule has 90 valence electrons. The zero-order valence-electron chi connectivity index (χ0n) is 9.02. The fourth-order valence-corrected chi connectivity index (χ4v) is 1.06. The molecule has 0 fully saturated rings. The van der Waals surface area contributed by atoms with Gasteiger partial charge < -0.3 is 25.5 Å². The maximum absolute atomic E-state index is 11.4. The molecule has 0 radical (unpaired) electrons. The van der Waals surface area contributed by atoms with Crippen molar-refractivity contribution in [2.24, 2.45) is 0 Å². The van der Waals surface area contributed by atoms with Gasteiger partial charge in [0.25, 0.3) is 0 Å². The van der Waals surface area contributed by atoms with E-state index in [4.69, 9.17) is 15.3 Å². The first-order valence-corrected chi connectivity index (χ1v) is 5.04. The summed E-state index contributed by atoms with van der Waals surface area (Å²) in [6, 6.07) is -0.334. The van der Waals surface area contributed by atoms with E-state index >= 15 is 0 Å². The molecular formula is C9H20N2O4. The Hall–Kier alpha value is -0.850. The molecule has 0 saturated carbocycles. The molecule has 1 unspecified atom stereocenters. The molecule has 0 aliphatic rings. The van der Waals surface area contributed by atoms with E-state index in [1.165, 1.54) is 4.90 Å². The molecule has 0 aromatic carbocycles. The SMILES string of the molecule is CC(O)CCNC(=O)N(CCO)CCO. The van der Waals surface area contributed by atoms with E-state index in [0.29, 0.717) is 13.0 Å². The van der Waals surface area contributed by atoms with E-state index in [0.717, 1.165) is 0 Å². The maximum Gasteiger partial charge on any atom is 0.317 e. The summed E-state index contributed by atoms with van der Waals surface area (Å²) in [5, 5.41) is 28.9. The first-order valence-electron chi connectivity index (χ1n) is 5.04. The molecule has 0 aliphatic carbocycles. The highest BCUT2D eigenvalue weighted by Gasteiger charge is 2.11. The van der Waals surface area contributed by atoms with Crippen LogP contribution in [0.25, 0.3) is 0 Å². The minimum Gasteiger partial charge on any atom is -0.395 e. The van der Waals surface area contributed by atoms with Crippen molar-refractivity contribution in [3.63, 3.8) is 0 Å². The number of urea groups is 1. The Balaban J connectivity index is 3.80. The standard InChI is InChI=1S/C9H20N2O4/c1-8(14)2-3-10-9(15)11(4-6-12)5-7-13/h8,12-14H,2-7H2,1H3,(H,10,15). The van der Waals surface area contributed by atoms with Crippen molar-refractivity contribution in [2.45, 2.75) is 19.4 Å². The van der Waals surface area contributed by atoms with Crippen molar-refractivity contribution in [1.29, 1.82) is 0 Å². The minimum absolute atomic E-state index is 0.135. The molecule has 0 bridgehead atoms. The Morgan fingerprint density at radius 3 is 2.27 bits per heavy atom. The first-order chi connectivity index (χ1) is 7.11. The lowest BCUT2D eigenvalue weighted by Crippen LogP contribution is -2.43. The predicted octanol–water partition coefficient (Wildman–Crippen LogP) is -1.25. The van der Waals surface area contributed by atoms with Crippen LogP contribution in [-0.2, 0) is 0 Å². The Morgan fingerprint density at radius 2 is 1.87 bits per heavy atom. The van der Waals surface area contributed by atoms with Gasteiger partial charge in [0.05, 0.1) is 19.3 Å². The lowest BCUT2D eigenvalue weighted by Gasteiger charge is -2.21. The second kappa shape index (κ2) is 8.46. The number of rotatable bonds is 7. The molecule has 6 heteroatoms. The van der Waals surface area contributed by atoms with Crippen molar-refractivity contribution in [2.75, 3.05) is 32.8 Å². The van der Waals surface area contributed by atoms with Crippen LogP contribution in [0.15, 0.2) is 0 Å². The van der Waals surface area contributed by atoms with Gasteiger partial charge in [-0.15, -0.1) is 0 Å². The normalized spacial score (nSPS) is 12.3. The van der Waals surface area contributed by atoms with Crippen LogP contribution in [0.5, 0.6) is 0 Å². The molecule has 0 saturated heterocycles. The molecule has 0 aliphatic heterocycles. The highest BCUT2D eigenvalue weighted by molar-refractivity contribution is 5.74. The summed E-state index contributed by atoms with van der Waals surface area (Å²) in [4.78, 5) is 12.7. The topological polar surface area (TPSA) is 93.0 Å². The van der Waals surface area contributed by atoms with Crippen molar-refractivity contribution in [3.05, 3.63) is 0 Å². The largest absolute Gasteiger partial charge is 0.395 e. The molecule has 4 N–H and O–H groups in total. The highest BCUT2D eigenvalue weighted by atomic mass is 16.3. The number of hydrogen-bond acceptors (Lipinski definition) is 4. The summed E-state index contributed by atoms with van der Waals surface area (Å²) in [7, 11) is 0. The number of carbonyl (C=O) groups excluding carboxylic acids is 1. The van der Waals surface area contributed by atoms with E-state index in [1.807, 2.05) is 0 Å². The number of amides is 2. The molecule has 0 heterocycles. The summed E-state index contributed by atoms with van der Waals surface area (Å²) in [5.41, 5.74) is 0. The number of aliphatic hydroxyl groups excluding tert-OH is 3. The molecular weight excluding hydrogens is 200 g/mol. The van der Waals surface area contributed by atoms with E-state index in [-0.39, 0.29) is 32.3 Å². The third-order valence-corrected chi connectivity index (χ3v) is 1.87. The van der Waals surface area contributed by atoms with Gasteiger partial charge in [0.2, 0.25) is 0 Å². The van der Waals surface area contributed by atoms with Crippen molar-refractivity contribution >= 4 is 6.03 Å². The number of nitrogens with one attached hydrogen (secondary N) is 1. The smallest absolute Gasteiger partial charge is 0.317 e. The van der Waals surface area contributed by atoms with Gasteiger partial charge in [0, 0.05) is 19.6 Å². The first kappa shape index (κ1) is 14.2. The minimum atomic E-state index is -0.450. The summed E-state index contributed by atoms with van der Waals surface area (Å²) < 4.78 is 0. The second-order valence-electron chi connectivity index (χ2n) is 3.30. The van der Waals surface area contributed by atoms with E-state index < -0.39 is 6.10 Å². The zero-order valence-corrected chi connectivity index (χ0v) is 9.02. The van der Waals surface area contributed by atoms with Crippen LogP contribution in [0, 0.1) is 0 Å². The number of aliphatic hydroxyl groups is 3. The van der Waals surface area contributed by atoms with E-state index in [9.17, 15) is 4.79 Å². The Bertz CT molecular complexity index is 169. The summed E-state index contributed by atoms with van der Waals surface area (Å²) in [6.45, 7) is 2.14. The van der Waals surface area contributed by atoms with Gasteiger partial charge in [-0.25, -0.2) is 4.79 Å². The van der Waals surface area contributed by atoms with Crippen molar-refractivity contribution in [3.8, 4) is 0 Å². The number of carbonyl (C=O) groups is 1. The third-order valence-electron chi connectivity index (χ3n) is 1.87. The van der Waals surface area contributed by atoms with Crippen LogP contribution in [0.2, 0.25) is 0 Å². The molecule has 6 nitrogen and oxygen atoms in total. The van der Waals surface area contributed by atoms with Gasteiger partial charge in [-0.1, -0.05) is 0 Å². The second-order valence-corrected chi connectivity index (χ2v) is 3.30. The van der Waals surface area contributed by atoms with Crippen LogP contribution in [0.3, 0.4) is 0 Å². The van der Waals surface area contributed by atoms with E-state index in [2.05, 4.69) is 5.32 Å². The molecule has 2 amide bonds. The van der Waals surface area contributed by atoms with Gasteiger partial charge in [0.15, 0.2) is 0 Å².